The molecule has 24 heavy (non-hydrogen) atoms. The number of carbonyl (C=O) groups is 1. The fourth-order valence-corrected chi connectivity index (χ4v) is 3.07. The van der Waals surface area contributed by atoms with Gasteiger partial charge in [0.25, 0.3) is 0 Å². The molecule has 0 radical (unpaired) electrons. The van der Waals surface area contributed by atoms with Gasteiger partial charge in [0.2, 0.25) is 5.91 Å². The van der Waals surface area contributed by atoms with Gasteiger partial charge in [-0.25, -0.2) is 0 Å². The summed E-state index contributed by atoms with van der Waals surface area (Å²) in [7, 11) is 0. The molecule has 128 valence electrons. The first-order valence-electron chi connectivity index (χ1n) is 8.65. The number of hydrogen-bond donors (Lipinski definition) is 2. The molecule has 1 aliphatic heterocycles. The molecule has 3 rings (SSSR count). The van der Waals surface area contributed by atoms with Crippen LogP contribution in [0, 0.1) is 0 Å². The molecule has 6 heteroatoms. The Balaban J connectivity index is 1.74. The van der Waals surface area contributed by atoms with E-state index < -0.39 is 6.04 Å². The summed E-state index contributed by atoms with van der Waals surface area (Å²) in [6.07, 6.45) is 3.33. The van der Waals surface area contributed by atoms with E-state index in [0.717, 1.165) is 36.6 Å². The molecule has 1 amide bonds. The Bertz CT molecular complexity index is 680. The third-order valence-electron chi connectivity index (χ3n) is 4.23. The van der Waals surface area contributed by atoms with Gasteiger partial charge in [-0.2, -0.15) is 0 Å². The van der Waals surface area contributed by atoms with Gasteiger partial charge in [0.1, 0.15) is 17.7 Å². The van der Waals surface area contributed by atoms with Crippen molar-refractivity contribution in [2.24, 2.45) is 0 Å². The van der Waals surface area contributed by atoms with Gasteiger partial charge in [0, 0.05) is 19.0 Å². The fourth-order valence-electron chi connectivity index (χ4n) is 3.07. The highest BCUT2D eigenvalue weighted by Crippen LogP contribution is 2.17. The number of carbonyl (C=O) groups excluding carboxylic acids is 1. The summed E-state index contributed by atoms with van der Waals surface area (Å²) in [5, 5.41) is 14.9. The lowest BCUT2D eigenvalue weighted by atomic mass is 10.1. The first-order valence-corrected chi connectivity index (χ1v) is 8.65. The van der Waals surface area contributed by atoms with E-state index in [1.54, 1.807) is 0 Å². The lowest BCUT2D eigenvalue weighted by molar-refractivity contribution is -0.123. The molecule has 0 spiro atoms. The highest BCUT2D eigenvalue weighted by atomic mass is 16.2. The van der Waals surface area contributed by atoms with Gasteiger partial charge in [0.15, 0.2) is 0 Å². The molecule has 1 aliphatic rings. The maximum Gasteiger partial charge on any atom is 0.241 e. The van der Waals surface area contributed by atoms with Crippen LogP contribution in [0.2, 0.25) is 0 Å². The van der Waals surface area contributed by atoms with E-state index in [4.69, 9.17) is 0 Å². The van der Waals surface area contributed by atoms with Gasteiger partial charge in [0.05, 0.1) is 6.54 Å². The zero-order chi connectivity index (χ0) is 16.9. The van der Waals surface area contributed by atoms with Crippen molar-refractivity contribution >= 4 is 5.91 Å². The van der Waals surface area contributed by atoms with Gasteiger partial charge < -0.3 is 9.88 Å². The average Bonchev–Trinajstić information content (AvgIpc) is 2.99. The number of rotatable bonds is 6. The van der Waals surface area contributed by atoms with E-state index in [-0.39, 0.29) is 11.9 Å². The highest BCUT2D eigenvalue weighted by Gasteiger charge is 2.22. The summed E-state index contributed by atoms with van der Waals surface area (Å²) in [5.74, 6) is 1.94. The molecule has 0 bridgehead atoms. The Kier molecular flexibility index (Phi) is 5.25. The SMILES string of the molecule is CC(C)NC(=O)C(NCc1nnc2n1CCCC2)c1ccccc1. The number of nitrogens with zero attached hydrogens (tertiary/aromatic N) is 3. The molecule has 0 saturated carbocycles. The van der Waals surface area contributed by atoms with Crippen LogP contribution in [-0.2, 0) is 24.3 Å². The summed E-state index contributed by atoms with van der Waals surface area (Å²) in [6, 6.07) is 9.50. The Morgan fingerprint density at radius 3 is 2.75 bits per heavy atom. The standard InChI is InChI=1S/C18H25N5O/c1-13(2)20-18(24)17(14-8-4-3-5-9-14)19-12-16-22-21-15-10-6-7-11-23(15)16/h3-5,8-9,13,17,19H,6-7,10-12H2,1-2H3,(H,20,24). The van der Waals surface area contributed by atoms with Gasteiger partial charge >= 0.3 is 0 Å². The summed E-state index contributed by atoms with van der Waals surface area (Å²) in [4.78, 5) is 12.6. The summed E-state index contributed by atoms with van der Waals surface area (Å²) in [6.45, 7) is 5.43. The quantitative estimate of drug-likeness (QED) is 0.851. The smallest absolute Gasteiger partial charge is 0.241 e. The molecule has 2 aromatic rings. The van der Waals surface area contributed by atoms with E-state index >= 15 is 0 Å². The molecule has 2 heterocycles. The minimum Gasteiger partial charge on any atom is -0.352 e. The van der Waals surface area contributed by atoms with Crippen molar-refractivity contribution in [3.8, 4) is 0 Å². The van der Waals surface area contributed by atoms with Crippen LogP contribution in [0.15, 0.2) is 30.3 Å². The minimum absolute atomic E-state index is 0.0189. The molecule has 0 fully saturated rings. The second kappa shape index (κ2) is 7.57. The molecule has 2 N–H and O–H groups in total. The van der Waals surface area contributed by atoms with Crippen LogP contribution in [-0.4, -0.2) is 26.7 Å². The molecule has 1 aromatic carbocycles. The van der Waals surface area contributed by atoms with Crippen LogP contribution in [0.1, 0.15) is 49.9 Å². The third kappa shape index (κ3) is 3.82. The van der Waals surface area contributed by atoms with Crippen molar-refractivity contribution < 1.29 is 4.79 Å². The number of aryl methyl sites for hydroxylation is 1. The second-order valence-corrected chi connectivity index (χ2v) is 6.53. The molecule has 0 aliphatic carbocycles. The molecule has 1 atom stereocenters. The van der Waals surface area contributed by atoms with Crippen LogP contribution in [0.4, 0.5) is 0 Å². The van der Waals surface area contributed by atoms with Gasteiger partial charge in [-0.1, -0.05) is 30.3 Å². The lowest BCUT2D eigenvalue weighted by Crippen LogP contribution is -2.40. The third-order valence-corrected chi connectivity index (χ3v) is 4.23. The van der Waals surface area contributed by atoms with E-state index in [1.807, 2.05) is 44.2 Å². The minimum atomic E-state index is -0.398. The first kappa shape index (κ1) is 16.6. The van der Waals surface area contributed by atoms with Crippen molar-refractivity contribution in [2.75, 3.05) is 0 Å². The molecule has 6 nitrogen and oxygen atoms in total. The normalized spacial score (nSPS) is 15.1. The Morgan fingerprint density at radius 2 is 2.00 bits per heavy atom. The monoisotopic (exact) mass is 327 g/mol. The van der Waals surface area contributed by atoms with Crippen molar-refractivity contribution in [2.45, 2.75) is 58.3 Å². The number of fused-ring (bicyclic) bond motifs is 1. The van der Waals surface area contributed by atoms with Gasteiger partial charge in [-0.05, 0) is 32.3 Å². The maximum atomic E-state index is 12.6. The van der Waals surface area contributed by atoms with E-state index in [2.05, 4.69) is 25.4 Å². The molecule has 0 saturated heterocycles. The van der Waals surface area contributed by atoms with Crippen molar-refractivity contribution in [3.63, 3.8) is 0 Å². The number of hydrogen-bond acceptors (Lipinski definition) is 4. The van der Waals surface area contributed by atoms with E-state index in [0.29, 0.717) is 6.54 Å². The van der Waals surface area contributed by atoms with Gasteiger partial charge in [-0.3, -0.25) is 10.1 Å². The van der Waals surface area contributed by atoms with Crippen LogP contribution in [0.25, 0.3) is 0 Å². The molecule has 1 aromatic heterocycles. The predicted molar refractivity (Wildman–Crippen MR) is 92.3 cm³/mol. The van der Waals surface area contributed by atoms with Gasteiger partial charge in [-0.15, -0.1) is 10.2 Å². The molecule has 1 unspecified atom stereocenters. The average molecular weight is 327 g/mol. The van der Waals surface area contributed by atoms with Crippen LogP contribution >= 0.6 is 0 Å². The summed E-state index contributed by atoms with van der Waals surface area (Å²) < 4.78 is 2.18. The first-order chi connectivity index (χ1) is 11.6. The van der Waals surface area contributed by atoms with Crippen LogP contribution in [0.5, 0.6) is 0 Å². The van der Waals surface area contributed by atoms with Crippen molar-refractivity contribution in [3.05, 3.63) is 47.5 Å². The zero-order valence-electron chi connectivity index (χ0n) is 14.3. The summed E-state index contributed by atoms with van der Waals surface area (Å²) in [5.41, 5.74) is 0.953. The van der Waals surface area contributed by atoms with Crippen LogP contribution in [0.3, 0.4) is 0 Å². The van der Waals surface area contributed by atoms with Crippen molar-refractivity contribution in [1.82, 2.24) is 25.4 Å². The van der Waals surface area contributed by atoms with E-state index in [1.165, 1.54) is 6.42 Å². The lowest BCUT2D eigenvalue weighted by Gasteiger charge is -2.21. The Morgan fingerprint density at radius 1 is 1.21 bits per heavy atom. The van der Waals surface area contributed by atoms with E-state index in [9.17, 15) is 4.79 Å². The number of benzene rings is 1. The molecular formula is C18H25N5O. The van der Waals surface area contributed by atoms with Crippen LogP contribution < -0.4 is 10.6 Å². The number of nitrogens with one attached hydrogen (secondary N) is 2. The Hall–Kier alpha value is -2.21. The topological polar surface area (TPSA) is 71.8 Å². The number of aromatic nitrogens is 3. The Labute approximate surface area is 142 Å². The van der Waals surface area contributed by atoms with Crippen molar-refractivity contribution in [1.29, 1.82) is 0 Å². The predicted octanol–water partition coefficient (Wildman–Crippen LogP) is 1.97. The molecular weight excluding hydrogens is 302 g/mol. The summed E-state index contributed by atoms with van der Waals surface area (Å²) >= 11 is 0. The second-order valence-electron chi connectivity index (χ2n) is 6.53. The largest absolute Gasteiger partial charge is 0.352 e. The fraction of sp³-hybridized carbons (Fsp3) is 0.500. The maximum absolute atomic E-state index is 12.6. The number of amides is 1. The highest BCUT2D eigenvalue weighted by molar-refractivity contribution is 5.83. The zero-order valence-corrected chi connectivity index (χ0v) is 14.3.